The van der Waals surface area contributed by atoms with Crippen LogP contribution in [-0.4, -0.2) is 9.97 Å². The number of aromatic nitrogens is 2. The molecule has 4 aromatic rings. The number of rotatable bonds is 2. The van der Waals surface area contributed by atoms with Gasteiger partial charge < -0.3 is 4.98 Å². The summed E-state index contributed by atoms with van der Waals surface area (Å²) in [6, 6.07) is 26.2. The fraction of sp³-hybridized carbons (Fsp3) is 0. The second kappa shape index (κ2) is 5.43. The standard InChI is InChI=1S/C20H13N3/c21-13-14-6-11-18-19(12-14)23-20(22-18)17-9-7-16(8-10-17)15-4-2-1-3-5-15/h1-12H,(H,22,23). The third-order valence-electron chi connectivity index (χ3n) is 3.88. The van der Waals surface area contributed by atoms with Crippen LogP contribution in [0.3, 0.4) is 0 Å². The number of benzene rings is 3. The minimum Gasteiger partial charge on any atom is -0.338 e. The molecular weight excluding hydrogens is 282 g/mol. The van der Waals surface area contributed by atoms with Crippen LogP contribution in [0.1, 0.15) is 5.56 Å². The number of nitriles is 1. The average Bonchev–Trinajstić information content (AvgIpc) is 3.05. The Bertz CT molecular complexity index is 1010. The van der Waals surface area contributed by atoms with Crippen molar-refractivity contribution in [2.24, 2.45) is 0 Å². The largest absolute Gasteiger partial charge is 0.338 e. The fourth-order valence-electron chi connectivity index (χ4n) is 2.67. The Morgan fingerprint density at radius 2 is 1.48 bits per heavy atom. The van der Waals surface area contributed by atoms with Gasteiger partial charge in [0.2, 0.25) is 0 Å². The number of nitrogens with one attached hydrogen (secondary N) is 1. The quantitative estimate of drug-likeness (QED) is 0.579. The maximum Gasteiger partial charge on any atom is 0.138 e. The topological polar surface area (TPSA) is 52.5 Å². The van der Waals surface area contributed by atoms with E-state index in [0.717, 1.165) is 22.4 Å². The lowest BCUT2D eigenvalue weighted by molar-refractivity contribution is 1.34. The van der Waals surface area contributed by atoms with Crippen LogP contribution < -0.4 is 0 Å². The van der Waals surface area contributed by atoms with Crippen LogP contribution >= 0.6 is 0 Å². The lowest BCUT2D eigenvalue weighted by Gasteiger charge is -2.02. The highest BCUT2D eigenvalue weighted by Gasteiger charge is 2.06. The van der Waals surface area contributed by atoms with Crippen LogP contribution in [0.15, 0.2) is 72.8 Å². The smallest absolute Gasteiger partial charge is 0.138 e. The first-order valence-corrected chi connectivity index (χ1v) is 7.39. The van der Waals surface area contributed by atoms with Gasteiger partial charge in [-0.05, 0) is 29.3 Å². The second-order valence-electron chi connectivity index (χ2n) is 5.37. The molecule has 0 atom stereocenters. The number of hydrogen-bond donors (Lipinski definition) is 1. The van der Waals surface area contributed by atoms with Crippen molar-refractivity contribution in [3.8, 4) is 28.6 Å². The molecule has 3 aromatic carbocycles. The van der Waals surface area contributed by atoms with E-state index in [4.69, 9.17) is 5.26 Å². The van der Waals surface area contributed by atoms with Crippen molar-refractivity contribution in [1.29, 1.82) is 5.26 Å². The van der Waals surface area contributed by atoms with Gasteiger partial charge in [-0.25, -0.2) is 4.98 Å². The summed E-state index contributed by atoms with van der Waals surface area (Å²) in [6.45, 7) is 0. The normalized spacial score (nSPS) is 10.6. The summed E-state index contributed by atoms with van der Waals surface area (Å²) >= 11 is 0. The molecule has 0 fully saturated rings. The second-order valence-corrected chi connectivity index (χ2v) is 5.37. The molecule has 0 radical (unpaired) electrons. The fourth-order valence-corrected chi connectivity index (χ4v) is 2.67. The molecule has 4 rings (SSSR count). The van der Waals surface area contributed by atoms with Gasteiger partial charge >= 0.3 is 0 Å². The zero-order valence-corrected chi connectivity index (χ0v) is 12.3. The molecule has 0 aliphatic carbocycles. The summed E-state index contributed by atoms with van der Waals surface area (Å²) in [6.07, 6.45) is 0. The van der Waals surface area contributed by atoms with Crippen molar-refractivity contribution in [3.05, 3.63) is 78.4 Å². The van der Waals surface area contributed by atoms with Crippen LogP contribution in [-0.2, 0) is 0 Å². The molecule has 0 saturated heterocycles. The van der Waals surface area contributed by atoms with Crippen molar-refractivity contribution >= 4 is 11.0 Å². The number of imidazole rings is 1. The predicted octanol–water partition coefficient (Wildman–Crippen LogP) is 4.77. The van der Waals surface area contributed by atoms with E-state index < -0.39 is 0 Å². The maximum atomic E-state index is 8.98. The molecular formula is C20H13N3. The molecule has 1 N–H and O–H groups in total. The minimum absolute atomic E-state index is 0.632. The molecule has 0 aliphatic heterocycles. The lowest BCUT2D eigenvalue weighted by Crippen LogP contribution is -1.81. The molecule has 0 spiro atoms. The van der Waals surface area contributed by atoms with Gasteiger partial charge in [0, 0.05) is 5.56 Å². The van der Waals surface area contributed by atoms with Crippen LogP contribution in [0.25, 0.3) is 33.5 Å². The molecule has 0 amide bonds. The average molecular weight is 295 g/mol. The van der Waals surface area contributed by atoms with E-state index in [-0.39, 0.29) is 0 Å². The summed E-state index contributed by atoms with van der Waals surface area (Å²) < 4.78 is 0. The number of fused-ring (bicyclic) bond motifs is 1. The van der Waals surface area contributed by atoms with Crippen molar-refractivity contribution in [1.82, 2.24) is 9.97 Å². The van der Waals surface area contributed by atoms with Gasteiger partial charge in [-0.2, -0.15) is 5.26 Å². The van der Waals surface area contributed by atoms with Crippen LogP contribution in [0.2, 0.25) is 0 Å². The van der Waals surface area contributed by atoms with Crippen molar-refractivity contribution in [2.75, 3.05) is 0 Å². The van der Waals surface area contributed by atoms with E-state index in [1.807, 2.05) is 30.3 Å². The molecule has 3 nitrogen and oxygen atoms in total. The first kappa shape index (κ1) is 13.3. The van der Waals surface area contributed by atoms with E-state index >= 15 is 0 Å². The van der Waals surface area contributed by atoms with Gasteiger partial charge in [-0.3, -0.25) is 0 Å². The molecule has 0 saturated carbocycles. The number of nitrogens with zero attached hydrogens (tertiary/aromatic N) is 2. The Morgan fingerprint density at radius 1 is 0.783 bits per heavy atom. The lowest BCUT2D eigenvalue weighted by atomic mass is 10.0. The first-order valence-electron chi connectivity index (χ1n) is 7.39. The van der Waals surface area contributed by atoms with Gasteiger partial charge in [-0.1, -0.05) is 54.6 Å². The summed E-state index contributed by atoms with van der Waals surface area (Å²) in [7, 11) is 0. The van der Waals surface area contributed by atoms with Gasteiger partial charge in [0.05, 0.1) is 22.7 Å². The van der Waals surface area contributed by atoms with Gasteiger partial charge in [-0.15, -0.1) is 0 Å². The molecule has 3 heteroatoms. The third-order valence-corrected chi connectivity index (χ3v) is 3.88. The predicted molar refractivity (Wildman–Crippen MR) is 91.7 cm³/mol. The van der Waals surface area contributed by atoms with Crippen LogP contribution in [0.5, 0.6) is 0 Å². The van der Waals surface area contributed by atoms with E-state index in [9.17, 15) is 0 Å². The number of aromatic amines is 1. The summed E-state index contributed by atoms with van der Waals surface area (Å²) in [5.41, 5.74) is 5.78. The van der Waals surface area contributed by atoms with E-state index in [0.29, 0.717) is 5.56 Å². The highest BCUT2D eigenvalue weighted by molar-refractivity contribution is 5.81. The SMILES string of the molecule is N#Cc1ccc2nc(-c3ccc(-c4ccccc4)cc3)[nH]c2c1. The molecule has 108 valence electrons. The molecule has 0 bridgehead atoms. The Hall–Kier alpha value is -3.38. The Labute approximate surface area is 133 Å². The molecule has 0 aliphatic rings. The molecule has 1 aromatic heterocycles. The number of H-pyrrole nitrogens is 1. The van der Waals surface area contributed by atoms with Gasteiger partial charge in [0.25, 0.3) is 0 Å². The highest BCUT2D eigenvalue weighted by atomic mass is 14.9. The van der Waals surface area contributed by atoms with Crippen LogP contribution in [0, 0.1) is 11.3 Å². The first-order chi connectivity index (χ1) is 11.3. The van der Waals surface area contributed by atoms with Crippen molar-refractivity contribution in [3.63, 3.8) is 0 Å². The molecule has 0 unspecified atom stereocenters. The van der Waals surface area contributed by atoms with Crippen molar-refractivity contribution in [2.45, 2.75) is 0 Å². The van der Waals surface area contributed by atoms with Crippen molar-refractivity contribution < 1.29 is 0 Å². The molecule has 23 heavy (non-hydrogen) atoms. The zero-order valence-electron chi connectivity index (χ0n) is 12.3. The maximum absolute atomic E-state index is 8.98. The number of hydrogen-bond acceptors (Lipinski definition) is 2. The highest BCUT2D eigenvalue weighted by Crippen LogP contribution is 2.25. The van der Waals surface area contributed by atoms with E-state index in [1.54, 1.807) is 6.07 Å². The minimum atomic E-state index is 0.632. The third kappa shape index (κ3) is 2.47. The summed E-state index contributed by atoms with van der Waals surface area (Å²) in [5.74, 6) is 0.815. The summed E-state index contributed by atoms with van der Waals surface area (Å²) in [4.78, 5) is 7.88. The van der Waals surface area contributed by atoms with E-state index in [2.05, 4.69) is 52.4 Å². The zero-order chi connectivity index (χ0) is 15.6. The Morgan fingerprint density at radius 3 is 2.22 bits per heavy atom. The van der Waals surface area contributed by atoms with Crippen LogP contribution in [0.4, 0.5) is 0 Å². The summed E-state index contributed by atoms with van der Waals surface area (Å²) in [5, 5.41) is 8.98. The Balaban J connectivity index is 1.72. The molecule has 1 heterocycles. The van der Waals surface area contributed by atoms with E-state index in [1.165, 1.54) is 11.1 Å². The monoisotopic (exact) mass is 295 g/mol. The van der Waals surface area contributed by atoms with Gasteiger partial charge in [0.1, 0.15) is 5.82 Å². The Kier molecular flexibility index (Phi) is 3.14. The van der Waals surface area contributed by atoms with Gasteiger partial charge in [0.15, 0.2) is 0 Å².